The molecule has 5 heteroatoms. The third-order valence-corrected chi connectivity index (χ3v) is 3.83. The monoisotopic (exact) mass is 309 g/mol. The van der Waals surface area contributed by atoms with Gasteiger partial charge in [-0.3, -0.25) is 9.58 Å². The molecule has 1 aromatic heterocycles. The van der Waals surface area contributed by atoms with Crippen LogP contribution in [0.2, 0.25) is 0 Å². The Balaban J connectivity index is 1.70. The lowest BCUT2D eigenvalue weighted by Crippen LogP contribution is -2.38. The molecule has 0 amide bonds. The average Bonchev–Trinajstić information content (AvgIpc) is 2.80. The second-order valence-electron chi connectivity index (χ2n) is 4.52. The van der Waals surface area contributed by atoms with Crippen molar-refractivity contribution in [2.75, 3.05) is 32.8 Å². The maximum absolute atomic E-state index is 5.35. The fourth-order valence-corrected chi connectivity index (χ4v) is 2.68. The quantitative estimate of drug-likeness (QED) is 0.870. The van der Waals surface area contributed by atoms with Gasteiger partial charge in [0.1, 0.15) is 0 Å². The second-order valence-corrected chi connectivity index (χ2v) is 5.44. The van der Waals surface area contributed by atoms with Crippen LogP contribution in [0.5, 0.6) is 0 Å². The third kappa shape index (κ3) is 2.58. The van der Waals surface area contributed by atoms with Gasteiger partial charge in [-0.15, -0.1) is 0 Å². The number of aromatic nitrogens is 2. The summed E-state index contributed by atoms with van der Waals surface area (Å²) in [5.74, 6) is 0. The molecule has 0 N–H and O–H groups in total. The van der Waals surface area contributed by atoms with E-state index in [1.807, 2.05) is 6.20 Å². The molecule has 0 bridgehead atoms. The van der Waals surface area contributed by atoms with Gasteiger partial charge in [0.2, 0.25) is 0 Å². The van der Waals surface area contributed by atoms with E-state index in [-0.39, 0.29) is 0 Å². The lowest BCUT2D eigenvalue weighted by molar-refractivity contribution is 0.0361. The van der Waals surface area contributed by atoms with Crippen molar-refractivity contribution in [3.05, 3.63) is 28.9 Å². The van der Waals surface area contributed by atoms with Gasteiger partial charge < -0.3 is 4.74 Å². The summed E-state index contributed by atoms with van der Waals surface area (Å²) in [6.07, 6.45) is 1.93. The summed E-state index contributed by atoms with van der Waals surface area (Å²) in [5.41, 5.74) is 1.20. The molecule has 0 spiro atoms. The number of benzene rings is 1. The van der Waals surface area contributed by atoms with E-state index in [4.69, 9.17) is 4.74 Å². The molecule has 0 atom stereocenters. The lowest BCUT2D eigenvalue weighted by atomic mass is 10.2. The van der Waals surface area contributed by atoms with Gasteiger partial charge in [-0.1, -0.05) is 15.9 Å². The van der Waals surface area contributed by atoms with E-state index in [1.54, 1.807) is 0 Å². The van der Waals surface area contributed by atoms with Crippen molar-refractivity contribution in [2.24, 2.45) is 0 Å². The number of ether oxygens (including phenoxy) is 1. The summed E-state index contributed by atoms with van der Waals surface area (Å²) in [6, 6.07) is 6.29. The minimum Gasteiger partial charge on any atom is -0.379 e. The number of hydrogen-bond acceptors (Lipinski definition) is 3. The molecule has 1 aliphatic heterocycles. The number of nitrogens with zero attached hydrogens (tertiary/aromatic N) is 3. The third-order valence-electron chi connectivity index (χ3n) is 3.34. The molecule has 2 aromatic rings. The van der Waals surface area contributed by atoms with Gasteiger partial charge in [-0.2, -0.15) is 5.10 Å². The number of morpholine rings is 1. The van der Waals surface area contributed by atoms with E-state index in [0.717, 1.165) is 43.9 Å². The van der Waals surface area contributed by atoms with Crippen molar-refractivity contribution in [1.82, 2.24) is 14.7 Å². The topological polar surface area (TPSA) is 30.3 Å². The van der Waals surface area contributed by atoms with Gasteiger partial charge in [0.05, 0.1) is 31.5 Å². The number of hydrogen-bond donors (Lipinski definition) is 0. The van der Waals surface area contributed by atoms with E-state index in [2.05, 4.69) is 48.8 Å². The van der Waals surface area contributed by atoms with Crippen LogP contribution in [-0.4, -0.2) is 47.5 Å². The summed E-state index contributed by atoms with van der Waals surface area (Å²) in [6.45, 7) is 5.75. The van der Waals surface area contributed by atoms with Crippen LogP contribution in [0.4, 0.5) is 0 Å². The first-order valence-electron chi connectivity index (χ1n) is 6.24. The molecule has 4 nitrogen and oxygen atoms in total. The van der Waals surface area contributed by atoms with Gasteiger partial charge in [-0.25, -0.2) is 0 Å². The first-order chi connectivity index (χ1) is 8.83. The predicted octanol–water partition coefficient (Wildman–Crippen LogP) is 2.13. The van der Waals surface area contributed by atoms with E-state index in [1.165, 1.54) is 10.9 Å². The van der Waals surface area contributed by atoms with Crippen molar-refractivity contribution in [1.29, 1.82) is 0 Å². The minimum atomic E-state index is 0.854. The van der Waals surface area contributed by atoms with Crippen molar-refractivity contribution in [2.45, 2.75) is 6.54 Å². The molecule has 96 valence electrons. The minimum absolute atomic E-state index is 0.854. The van der Waals surface area contributed by atoms with Gasteiger partial charge >= 0.3 is 0 Å². The smallest absolute Gasteiger partial charge is 0.0683 e. The zero-order valence-electron chi connectivity index (χ0n) is 10.2. The Morgan fingerprint density at radius 1 is 1.22 bits per heavy atom. The van der Waals surface area contributed by atoms with Crippen LogP contribution < -0.4 is 0 Å². The first-order valence-corrected chi connectivity index (χ1v) is 7.03. The van der Waals surface area contributed by atoms with Gasteiger partial charge in [0.15, 0.2) is 0 Å². The highest BCUT2D eigenvalue weighted by atomic mass is 79.9. The fourth-order valence-electron chi connectivity index (χ4n) is 2.30. The largest absolute Gasteiger partial charge is 0.379 e. The molecule has 0 saturated carbocycles. The van der Waals surface area contributed by atoms with E-state index in [9.17, 15) is 0 Å². The van der Waals surface area contributed by atoms with E-state index < -0.39 is 0 Å². The average molecular weight is 310 g/mol. The zero-order valence-corrected chi connectivity index (χ0v) is 11.8. The maximum Gasteiger partial charge on any atom is 0.0683 e. The highest BCUT2D eigenvalue weighted by Gasteiger charge is 2.10. The fraction of sp³-hybridized carbons (Fsp3) is 0.462. The highest BCUT2D eigenvalue weighted by Crippen LogP contribution is 2.19. The normalized spacial score (nSPS) is 17.4. The molecule has 1 saturated heterocycles. The number of halogens is 1. The van der Waals surface area contributed by atoms with Gasteiger partial charge in [0, 0.05) is 29.5 Å². The molecule has 0 radical (unpaired) electrons. The van der Waals surface area contributed by atoms with Crippen molar-refractivity contribution >= 4 is 26.8 Å². The molecule has 1 aromatic carbocycles. The molecular weight excluding hydrogens is 294 g/mol. The molecule has 0 aliphatic carbocycles. The van der Waals surface area contributed by atoms with E-state index in [0.29, 0.717) is 0 Å². The second kappa shape index (κ2) is 5.38. The molecule has 1 aliphatic rings. The Kier molecular flexibility index (Phi) is 3.63. The van der Waals surface area contributed by atoms with Crippen molar-refractivity contribution in [3.63, 3.8) is 0 Å². The molecule has 0 unspecified atom stereocenters. The Labute approximate surface area is 115 Å². The molecule has 1 fully saturated rings. The predicted molar refractivity (Wildman–Crippen MR) is 74.7 cm³/mol. The van der Waals surface area contributed by atoms with Crippen LogP contribution in [0.15, 0.2) is 28.9 Å². The van der Waals surface area contributed by atoms with Crippen LogP contribution in [-0.2, 0) is 11.3 Å². The SMILES string of the molecule is Brc1ccc2c(cnn2CCN2CCOCC2)c1. The number of rotatable bonds is 3. The molecule has 3 rings (SSSR count). The first kappa shape index (κ1) is 12.1. The Bertz CT molecular complexity index is 534. The van der Waals surface area contributed by atoms with Crippen LogP contribution >= 0.6 is 15.9 Å². The lowest BCUT2D eigenvalue weighted by Gasteiger charge is -2.26. The van der Waals surface area contributed by atoms with Crippen LogP contribution in [0.1, 0.15) is 0 Å². The number of fused-ring (bicyclic) bond motifs is 1. The zero-order chi connectivity index (χ0) is 12.4. The van der Waals surface area contributed by atoms with Gasteiger partial charge in [0.25, 0.3) is 0 Å². The van der Waals surface area contributed by atoms with Crippen LogP contribution in [0, 0.1) is 0 Å². The molecule has 18 heavy (non-hydrogen) atoms. The highest BCUT2D eigenvalue weighted by molar-refractivity contribution is 9.10. The Morgan fingerprint density at radius 2 is 2.06 bits per heavy atom. The molecule has 2 heterocycles. The summed E-state index contributed by atoms with van der Waals surface area (Å²) < 4.78 is 8.53. The Hall–Kier alpha value is -0.910. The van der Waals surface area contributed by atoms with Crippen molar-refractivity contribution < 1.29 is 4.74 Å². The summed E-state index contributed by atoms with van der Waals surface area (Å²) in [7, 11) is 0. The van der Waals surface area contributed by atoms with E-state index >= 15 is 0 Å². The standard InChI is InChI=1S/C13H16BrN3O/c14-12-1-2-13-11(9-12)10-15-17(13)4-3-16-5-7-18-8-6-16/h1-2,9-10H,3-8H2. The summed E-state index contributed by atoms with van der Waals surface area (Å²) in [4.78, 5) is 2.43. The van der Waals surface area contributed by atoms with Crippen LogP contribution in [0.3, 0.4) is 0 Å². The summed E-state index contributed by atoms with van der Waals surface area (Å²) >= 11 is 3.48. The Morgan fingerprint density at radius 3 is 2.89 bits per heavy atom. The van der Waals surface area contributed by atoms with Crippen molar-refractivity contribution in [3.8, 4) is 0 Å². The van der Waals surface area contributed by atoms with Gasteiger partial charge in [-0.05, 0) is 18.2 Å². The summed E-state index contributed by atoms with van der Waals surface area (Å²) in [5, 5.41) is 5.65. The maximum atomic E-state index is 5.35. The molecular formula is C13H16BrN3O. The van der Waals surface area contributed by atoms with Crippen LogP contribution in [0.25, 0.3) is 10.9 Å².